The number of carbonyl (C=O) groups excluding carboxylic acids is 3. The Morgan fingerprint density at radius 1 is 0.633 bits per heavy atom. The molecule has 4 saturated carbocycles. The summed E-state index contributed by atoms with van der Waals surface area (Å²) in [6.07, 6.45) is 27.8. The van der Waals surface area contributed by atoms with E-state index in [4.69, 9.17) is 14.2 Å². The van der Waals surface area contributed by atoms with Crippen LogP contribution in [0.3, 0.4) is 0 Å². The molecular formula is C54H96O6. The highest BCUT2D eigenvalue weighted by atomic mass is 16.6. The second-order valence-electron chi connectivity index (χ2n) is 23.2. The van der Waals surface area contributed by atoms with E-state index in [9.17, 15) is 14.4 Å². The zero-order chi connectivity index (χ0) is 43.9. The summed E-state index contributed by atoms with van der Waals surface area (Å²) in [4.78, 5) is 38.4. The molecule has 6 heteroatoms. The number of carbonyl (C=O) groups is 3. The molecule has 0 saturated heterocycles. The van der Waals surface area contributed by atoms with Gasteiger partial charge in [0, 0.05) is 25.2 Å². The van der Waals surface area contributed by atoms with E-state index in [2.05, 4.69) is 69.2 Å². The summed E-state index contributed by atoms with van der Waals surface area (Å²) >= 11 is 0. The molecule has 0 aromatic rings. The van der Waals surface area contributed by atoms with Crippen molar-refractivity contribution in [1.29, 1.82) is 0 Å². The molecule has 3 unspecified atom stereocenters. The van der Waals surface area contributed by atoms with Gasteiger partial charge >= 0.3 is 17.9 Å². The van der Waals surface area contributed by atoms with Gasteiger partial charge < -0.3 is 14.2 Å². The lowest BCUT2D eigenvalue weighted by Crippen LogP contribution is -2.54. The van der Waals surface area contributed by atoms with Gasteiger partial charge in [-0.05, 0) is 160 Å². The molecule has 60 heavy (non-hydrogen) atoms. The minimum absolute atomic E-state index is 0.00610. The number of esters is 3. The highest BCUT2D eigenvalue weighted by Crippen LogP contribution is 2.69. The minimum atomic E-state index is -0.176. The van der Waals surface area contributed by atoms with Gasteiger partial charge in [0.1, 0.15) is 6.10 Å². The lowest BCUT2D eigenvalue weighted by Gasteiger charge is -2.61. The average Bonchev–Trinajstić information content (AvgIpc) is 3.55. The molecule has 0 heterocycles. The fraction of sp³-hybridized carbons (Fsp3) is 0.944. The Hall–Kier alpha value is -1.59. The first-order valence-electron chi connectivity index (χ1n) is 26.0. The molecule has 10 atom stereocenters. The molecule has 0 amide bonds. The molecule has 4 fully saturated rings. The number of hydrogen-bond acceptors (Lipinski definition) is 6. The zero-order valence-electron chi connectivity index (χ0n) is 41.0. The van der Waals surface area contributed by atoms with Gasteiger partial charge in [0.15, 0.2) is 0 Å². The predicted octanol–water partition coefficient (Wildman–Crippen LogP) is 14.9. The van der Waals surface area contributed by atoms with Crippen molar-refractivity contribution < 1.29 is 28.6 Å². The van der Waals surface area contributed by atoms with Crippen molar-refractivity contribution in [2.24, 2.45) is 69.5 Å². The van der Waals surface area contributed by atoms with Crippen LogP contribution in [0.15, 0.2) is 0 Å². The largest absolute Gasteiger partial charge is 0.465 e. The van der Waals surface area contributed by atoms with Crippen LogP contribution in [0.25, 0.3) is 0 Å². The van der Waals surface area contributed by atoms with Gasteiger partial charge in [-0.15, -0.1) is 0 Å². The SMILES string of the molecule is CCCCCC(=O)OCC(CCCCC(=O)OC(CCC(C)(C)C)C1CC[C@@]2(C)C(CC[C@H]3[C@@H]4CC[C@H]([C@H](C)CCCC(C)C)[C@@]4(C)CC[C@@H]32)C1)COC(=O)CCCCC. The summed E-state index contributed by atoms with van der Waals surface area (Å²) in [5.74, 6) is 5.97. The molecule has 4 aliphatic rings. The number of unbranched alkanes of at least 4 members (excludes halogenated alkanes) is 5. The van der Waals surface area contributed by atoms with Crippen molar-refractivity contribution >= 4 is 17.9 Å². The summed E-state index contributed by atoms with van der Waals surface area (Å²) in [5.41, 5.74) is 1.15. The first kappa shape index (κ1) is 51.0. The number of ether oxygens (including phenoxy) is 3. The van der Waals surface area contributed by atoms with E-state index in [1.807, 2.05) is 0 Å². The quantitative estimate of drug-likeness (QED) is 0.0490. The first-order chi connectivity index (χ1) is 28.5. The molecular weight excluding hydrogens is 745 g/mol. The van der Waals surface area contributed by atoms with Gasteiger partial charge in [0.25, 0.3) is 0 Å². The maximum Gasteiger partial charge on any atom is 0.306 e. The van der Waals surface area contributed by atoms with Gasteiger partial charge in [-0.3, -0.25) is 14.4 Å². The van der Waals surface area contributed by atoms with Crippen molar-refractivity contribution in [3.05, 3.63) is 0 Å². The molecule has 0 aliphatic heterocycles. The van der Waals surface area contributed by atoms with Crippen molar-refractivity contribution in [3.8, 4) is 0 Å². The normalized spacial score (nSPS) is 30.0. The van der Waals surface area contributed by atoms with Gasteiger partial charge in [0.2, 0.25) is 0 Å². The third-order valence-corrected chi connectivity index (χ3v) is 17.1. The zero-order valence-corrected chi connectivity index (χ0v) is 41.0. The van der Waals surface area contributed by atoms with Crippen LogP contribution >= 0.6 is 0 Å². The second-order valence-corrected chi connectivity index (χ2v) is 23.2. The minimum Gasteiger partial charge on any atom is -0.465 e. The third-order valence-electron chi connectivity index (χ3n) is 17.1. The predicted molar refractivity (Wildman–Crippen MR) is 247 cm³/mol. The maximum absolute atomic E-state index is 13.6. The maximum atomic E-state index is 13.6. The van der Waals surface area contributed by atoms with Crippen LogP contribution in [-0.4, -0.2) is 37.2 Å². The summed E-state index contributed by atoms with van der Waals surface area (Å²) in [5, 5.41) is 0. The second kappa shape index (κ2) is 24.5. The Morgan fingerprint density at radius 3 is 1.85 bits per heavy atom. The molecule has 0 aromatic carbocycles. The standard InChI is InChI=1S/C54H96O6/c1-11-13-15-23-49(55)58-37-41(38-59-50(56)24-16-14-12-2)22-17-18-25-51(57)60-48(32-33-52(6,7)8)42-30-34-53(9)43(36-42)26-27-44-46-29-28-45(40(5)21-19-20-39(3)4)54(46,10)35-31-47(44)53/h39-48H,11-38H2,1-10H3/t40-,42?,43?,44+,45-,46+,47+,48?,53+,54-/m1/s1. The molecule has 0 radical (unpaired) electrons. The number of rotatable bonds is 26. The Bertz CT molecular complexity index is 1260. The van der Waals surface area contributed by atoms with Crippen molar-refractivity contribution in [3.63, 3.8) is 0 Å². The van der Waals surface area contributed by atoms with Crippen LogP contribution in [0.4, 0.5) is 0 Å². The monoisotopic (exact) mass is 841 g/mol. The molecule has 0 aromatic heterocycles. The number of hydrogen-bond donors (Lipinski definition) is 0. The summed E-state index contributed by atoms with van der Waals surface area (Å²) in [7, 11) is 0. The molecule has 4 aliphatic carbocycles. The Kier molecular flexibility index (Phi) is 20.8. The molecule has 0 N–H and O–H groups in total. The van der Waals surface area contributed by atoms with Crippen molar-refractivity contribution in [2.45, 2.75) is 242 Å². The molecule has 6 nitrogen and oxygen atoms in total. The lowest BCUT2D eigenvalue weighted by molar-refractivity contribution is -0.159. The average molecular weight is 841 g/mol. The van der Waals surface area contributed by atoms with Crippen LogP contribution in [0.1, 0.15) is 236 Å². The van der Waals surface area contributed by atoms with E-state index in [0.717, 1.165) is 112 Å². The van der Waals surface area contributed by atoms with Crippen molar-refractivity contribution in [1.82, 2.24) is 0 Å². The Balaban J connectivity index is 1.31. The summed E-state index contributed by atoms with van der Waals surface area (Å²) in [6.45, 7) is 24.5. The van der Waals surface area contributed by atoms with E-state index < -0.39 is 0 Å². The van der Waals surface area contributed by atoms with Crippen molar-refractivity contribution in [2.75, 3.05) is 13.2 Å². The smallest absolute Gasteiger partial charge is 0.306 e. The van der Waals surface area contributed by atoms with E-state index >= 15 is 0 Å². The van der Waals surface area contributed by atoms with Crippen LogP contribution in [-0.2, 0) is 28.6 Å². The fourth-order valence-electron chi connectivity index (χ4n) is 13.4. The van der Waals surface area contributed by atoms with E-state index in [1.54, 1.807) is 0 Å². The molecule has 0 spiro atoms. The lowest BCUT2D eigenvalue weighted by atomic mass is 9.43. The molecule has 4 rings (SSSR count). The van der Waals surface area contributed by atoms with Gasteiger partial charge in [-0.1, -0.05) is 121 Å². The van der Waals surface area contributed by atoms with Crippen LogP contribution < -0.4 is 0 Å². The highest BCUT2D eigenvalue weighted by Gasteiger charge is 2.61. The molecule has 348 valence electrons. The van der Waals surface area contributed by atoms with Crippen LogP contribution in [0, 0.1) is 69.5 Å². The Labute approximate surface area is 370 Å². The van der Waals surface area contributed by atoms with Gasteiger partial charge in [-0.25, -0.2) is 0 Å². The van der Waals surface area contributed by atoms with Crippen LogP contribution in [0.2, 0.25) is 0 Å². The topological polar surface area (TPSA) is 78.9 Å². The van der Waals surface area contributed by atoms with E-state index in [0.29, 0.717) is 36.0 Å². The van der Waals surface area contributed by atoms with Gasteiger partial charge in [-0.2, -0.15) is 0 Å². The summed E-state index contributed by atoms with van der Waals surface area (Å²) < 4.78 is 17.8. The highest BCUT2D eigenvalue weighted by molar-refractivity contribution is 5.70. The third kappa shape index (κ3) is 15.0. The van der Waals surface area contributed by atoms with E-state index in [1.165, 1.54) is 77.0 Å². The Morgan fingerprint density at radius 2 is 1.23 bits per heavy atom. The van der Waals surface area contributed by atoms with Gasteiger partial charge in [0.05, 0.1) is 13.2 Å². The summed E-state index contributed by atoms with van der Waals surface area (Å²) in [6, 6.07) is 0. The van der Waals surface area contributed by atoms with E-state index in [-0.39, 0.29) is 48.6 Å². The molecule has 0 bridgehead atoms. The fourth-order valence-corrected chi connectivity index (χ4v) is 13.4. The number of fused-ring (bicyclic) bond motifs is 5. The first-order valence-corrected chi connectivity index (χ1v) is 26.0. The van der Waals surface area contributed by atoms with Crippen LogP contribution in [0.5, 0.6) is 0 Å².